The summed E-state index contributed by atoms with van der Waals surface area (Å²) in [5, 5.41) is 0. The van der Waals surface area contributed by atoms with Crippen LogP contribution in [0.25, 0.3) is 27.7 Å². The second kappa shape index (κ2) is 4.74. The summed E-state index contributed by atoms with van der Waals surface area (Å²) in [4.78, 5) is 6.74. The minimum absolute atomic E-state index is 0.648. The SMILES string of the molecule is Cc1ccc(-c2nc3sc(C)c(-c4ccco4)n3c2N)cc1. The molecular weight excluding hydrogens is 294 g/mol. The number of aryl methyl sites for hydroxylation is 2. The van der Waals surface area contributed by atoms with Crippen molar-refractivity contribution >= 4 is 22.1 Å². The molecule has 0 aliphatic carbocycles. The highest BCUT2D eigenvalue weighted by Crippen LogP contribution is 2.37. The van der Waals surface area contributed by atoms with Gasteiger partial charge in [0.05, 0.1) is 6.26 Å². The molecule has 0 aliphatic heterocycles. The summed E-state index contributed by atoms with van der Waals surface area (Å²) in [6.45, 7) is 4.12. The van der Waals surface area contributed by atoms with Crippen molar-refractivity contribution in [3.63, 3.8) is 0 Å². The number of rotatable bonds is 2. The number of nitrogen functional groups attached to an aromatic ring is 1. The molecule has 3 heterocycles. The highest BCUT2D eigenvalue weighted by Gasteiger charge is 2.20. The first-order chi connectivity index (χ1) is 10.6. The minimum atomic E-state index is 0.648. The van der Waals surface area contributed by atoms with Crippen LogP contribution < -0.4 is 5.73 Å². The Bertz CT molecular complexity index is 946. The van der Waals surface area contributed by atoms with Crippen LogP contribution in [-0.4, -0.2) is 9.38 Å². The smallest absolute Gasteiger partial charge is 0.196 e. The molecule has 110 valence electrons. The number of imidazole rings is 1. The maximum atomic E-state index is 6.39. The Morgan fingerprint density at radius 2 is 1.91 bits per heavy atom. The van der Waals surface area contributed by atoms with Crippen molar-refractivity contribution in [3.8, 4) is 22.7 Å². The van der Waals surface area contributed by atoms with E-state index in [2.05, 4.69) is 38.1 Å². The number of nitrogens with two attached hydrogens (primary N) is 1. The average molecular weight is 309 g/mol. The summed E-state index contributed by atoms with van der Waals surface area (Å²) in [5.41, 5.74) is 10.4. The number of hydrogen-bond acceptors (Lipinski definition) is 4. The fraction of sp³-hybridized carbons (Fsp3) is 0.118. The lowest BCUT2D eigenvalue weighted by atomic mass is 10.1. The molecule has 0 amide bonds. The Labute approximate surface area is 131 Å². The first-order valence-corrected chi connectivity index (χ1v) is 7.85. The molecule has 2 N–H and O–H groups in total. The molecule has 0 saturated heterocycles. The van der Waals surface area contributed by atoms with Gasteiger partial charge in [-0.25, -0.2) is 4.98 Å². The van der Waals surface area contributed by atoms with Crippen molar-refractivity contribution in [3.05, 3.63) is 53.1 Å². The molecule has 0 radical (unpaired) electrons. The number of anilines is 1. The molecule has 3 aromatic heterocycles. The molecule has 0 atom stereocenters. The van der Waals surface area contributed by atoms with Gasteiger partial charge in [-0.15, -0.1) is 11.3 Å². The minimum Gasteiger partial charge on any atom is -0.463 e. The number of hydrogen-bond donors (Lipinski definition) is 1. The average Bonchev–Trinajstić information content (AvgIpc) is 3.18. The fourth-order valence-corrected chi connectivity index (χ4v) is 3.64. The van der Waals surface area contributed by atoms with Gasteiger partial charge in [0.1, 0.15) is 17.2 Å². The summed E-state index contributed by atoms with van der Waals surface area (Å²) < 4.78 is 7.54. The second-order valence-electron chi connectivity index (χ2n) is 5.31. The van der Waals surface area contributed by atoms with Crippen molar-refractivity contribution in [1.29, 1.82) is 0 Å². The standard InChI is InChI=1S/C17H15N3OS/c1-10-5-7-12(8-6-10)14-16(18)20-15(13-4-3-9-21-13)11(2)22-17(20)19-14/h3-9H,18H2,1-2H3. The van der Waals surface area contributed by atoms with E-state index in [9.17, 15) is 0 Å². The Balaban J connectivity index is 1.97. The van der Waals surface area contributed by atoms with Gasteiger partial charge in [0.25, 0.3) is 0 Å². The lowest BCUT2D eigenvalue weighted by Crippen LogP contribution is -1.95. The number of thiazole rings is 1. The quantitative estimate of drug-likeness (QED) is 0.592. The lowest BCUT2D eigenvalue weighted by molar-refractivity contribution is 0.579. The molecule has 0 fully saturated rings. The zero-order valence-corrected chi connectivity index (χ0v) is 13.1. The number of nitrogens with zero attached hydrogens (tertiary/aromatic N) is 2. The maximum Gasteiger partial charge on any atom is 0.196 e. The first kappa shape index (κ1) is 13.2. The molecule has 4 nitrogen and oxygen atoms in total. The molecule has 0 unspecified atom stereocenters. The van der Waals surface area contributed by atoms with Crippen molar-refractivity contribution in [1.82, 2.24) is 9.38 Å². The molecule has 4 rings (SSSR count). The molecule has 5 heteroatoms. The molecular formula is C17H15N3OS. The summed E-state index contributed by atoms with van der Waals surface area (Å²) in [7, 11) is 0. The van der Waals surface area contributed by atoms with E-state index in [1.165, 1.54) is 5.56 Å². The van der Waals surface area contributed by atoms with Crippen molar-refractivity contribution in [2.75, 3.05) is 5.73 Å². The van der Waals surface area contributed by atoms with Crippen LogP contribution in [-0.2, 0) is 0 Å². The Morgan fingerprint density at radius 1 is 1.14 bits per heavy atom. The third-order valence-corrected chi connectivity index (χ3v) is 4.72. The highest BCUT2D eigenvalue weighted by molar-refractivity contribution is 7.17. The third kappa shape index (κ3) is 1.86. The monoisotopic (exact) mass is 309 g/mol. The molecule has 22 heavy (non-hydrogen) atoms. The lowest BCUT2D eigenvalue weighted by Gasteiger charge is -2.02. The van der Waals surface area contributed by atoms with E-state index in [0.717, 1.165) is 32.5 Å². The third-order valence-electron chi connectivity index (χ3n) is 3.76. The number of furan rings is 1. The molecule has 0 bridgehead atoms. The van der Waals surface area contributed by atoms with Crippen LogP contribution in [0.3, 0.4) is 0 Å². The number of benzene rings is 1. The van der Waals surface area contributed by atoms with Gasteiger partial charge in [-0.1, -0.05) is 29.8 Å². The van der Waals surface area contributed by atoms with E-state index in [1.54, 1.807) is 17.6 Å². The topological polar surface area (TPSA) is 56.5 Å². The molecule has 4 aromatic rings. The largest absolute Gasteiger partial charge is 0.463 e. The zero-order valence-electron chi connectivity index (χ0n) is 12.3. The highest BCUT2D eigenvalue weighted by atomic mass is 32.1. The number of aromatic nitrogens is 2. The van der Waals surface area contributed by atoms with Gasteiger partial charge in [-0.3, -0.25) is 4.40 Å². The van der Waals surface area contributed by atoms with Crippen molar-refractivity contribution in [2.24, 2.45) is 0 Å². The van der Waals surface area contributed by atoms with Gasteiger partial charge in [-0.2, -0.15) is 0 Å². The van der Waals surface area contributed by atoms with E-state index in [0.29, 0.717) is 5.82 Å². The first-order valence-electron chi connectivity index (χ1n) is 7.03. The maximum absolute atomic E-state index is 6.39. The van der Waals surface area contributed by atoms with Crippen LogP contribution in [0.5, 0.6) is 0 Å². The van der Waals surface area contributed by atoms with E-state index in [-0.39, 0.29) is 0 Å². The van der Waals surface area contributed by atoms with Gasteiger partial charge >= 0.3 is 0 Å². The van der Waals surface area contributed by atoms with Gasteiger partial charge in [0.2, 0.25) is 0 Å². The van der Waals surface area contributed by atoms with Gasteiger partial charge in [-0.05, 0) is 26.0 Å². The molecule has 0 aliphatic rings. The summed E-state index contributed by atoms with van der Waals surface area (Å²) >= 11 is 1.62. The van der Waals surface area contributed by atoms with Crippen molar-refractivity contribution < 1.29 is 4.42 Å². The zero-order chi connectivity index (χ0) is 15.3. The van der Waals surface area contributed by atoms with Gasteiger partial charge in [0, 0.05) is 10.4 Å². The molecule has 0 saturated carbocycles. The Kier molecular flexibility index (Phi) is 2.84. The van der Waals surface area contributed by atoms with Gasteiger partial charge in [0.15, 0.2) is 10.7 Å². The predicted octanol–water partition coefficient (Wildman–Crippen LogP) is 4.52. The fourth-order valence-electron chi connectivity index (χ4n) is 2.66. The van der Waals surface area contributed by atoms with Crippen LogP contribution in [0.15, 0.2) is 47.1 Å². The van der Waals surface area contributed by atoms with Crippen LogP contribution >= 0.6 is 11.3 Å². The van der Waals surface area contributed by atoms with Crippen LogP contribution in [0.2, 0.25) is 0 Å². The van der Waals surface area contributed by atoms with Crippen LogP contribution in [0.4, 0.5) is 5.82 Å². The summed E-state index contributed by atoms with van der Waals surface area (Å²) in [6, 6.07) is 12.1. The van der Waals surface area contributed by atoms with E-state index in [4.69, 9.17) is 15.1 Å². The molecule has 1 aromatic carbocycles. The van der Waals surface area contributed by atoms with Gasteiger partial charge < -0.3 is 10.2 Å². The number of fused-ring (bicyclic) bond motifs is 1. The van der Waals surface area contributed by atoms with E-state index < -0.39 is 0 Å². The van der Waals surface area contributed by atoms with Crippen molar-refractivity contribution in [2.45, 2.75) is 13.8 Å². The molecule has 0 spiro atoms. The summed E-state index contributed by atoms with van der Waals surface area (Å²) in [5.74, 6) is 1.46. The second-order valence-corrected chi connectivity index (χ2v) is 6.50. The van der Waals surface area contributed by atoms with Crippen LogP contribution in [0.1, 0.15) is 10.4 Å². The normalized spacial score (nSPS) is 11.4. The Morgan fingerprint density at radius 3 is 2.59 bits per heavy atom. The summed E-state index contributed by atoms with van der Waals surface area (Å²) in [6.07, 6.45) is 1.67. The predicted molar refractivity (Wildman–Crippen MR) is 90.1 cm³/mol. The van der Waals surface area contributed by atoms with E-state index >= 15 is 0 Å². The van der Waals surface area contributed by atoms with E-state index in [1.807, 2.05) is 16.5 Å². The Hall–Kier alpha value is -2.53. The van der Waals surface area contributed by atoms with Crippen LogP contribution in [0, 0.1) is 13.8 Å².